The summed E-state index contributed by atoms with van der Waals surface area (Å²) in [4.78, 5) is 7.46. The van der Waals surface area contributed by atoms with Gasteiger partial charge in [-0.15, -0.1) is 0 Å². The molecule has 2 fully saturated rings. The maximum absolute atomic E-state index is 6.45. The largest absolute Gasteiger partial charge is 0.375 e. The van der Waals surface area contributed by atoms with Crippen LogP contribution in [0.15, 0.2) is 42.6 Å². The summed E-state index contributed by atoms with van der Waals surface area (Å²) in [7, 11) is 2.30. The maximum atomic E-state index is 6.45. The van der Waals surface area contributed by atoms with Gasteiger partial charge in [-0.1, -0.05) is 37.1 Å². The van der Waals surface area contributed by atoms with E-state index in [4.69, 9.17) is 9.72 Å². The second kappa shape index (κ2) is 8.79. The molecule has 6 rings (SSSR count). The molecule has 2 unspecified atom stereocenters. The van der Waals surface area contributed by atoms with Crippen LogP contribution in [-0.4, -0.2) is 42.2 Å². The van der Waals surface area contributed by atoms with Crippen molar-refractivity contribution >= 4 is 0 Å². The molecule has 0 radical (unpaired) electrons. The molecule has 3 heterocycles. The predicted octanol–water partition coefficient (Wildman–Crippen LogP) is 5.49. The van der Waals surface area contributed by atoms with Gasteiger partial charge in [-0.2, -0.15) is 0 Å². The molecule has 4 nitrogen and oxygen atoms in total. The molecule has 2 aromatic rings. The smallest absolute Gasteiger partial charge is 0.0691 e. The molecule has 0 bridgehead atoms. The number of nitrogens with one attached hydrogen (secondary N) is 1. The first-order chi connectivity index (χ1) is 16.2. The Morgan fingerprint density at radius 2 is 2.00 bits per heavy atom. The van der Waals surface area contributed by atoms with Gasteiger partial charge in [0.1, 0.15) is 0 Å². The summed E-state index contributed by atoms with van der Waals surface area (Å²) in [5.74, 6) is 0. The molecule has 0 amide bonds. The molecule has 1 saturated carbocycles. The van der Waals surface area contributed by atoms with Crippen molar-refractivity contribution in [1.82, 2.24) is 15.2 Å². The number of aromatic nitrogens is 1. The average Bonchev–Trinajstić information content (AvgIpc) is 3.30. The Bertz CT molecular complexity index is 970. The van der Waals surface area contributed by atoms with Crippen molar-refractivity contribution in [1.29, 1.82) is 0 Å². The van der Waals surface area contributed by atoms with E-state index >= 15 is 0 Å². The molecule has 2 aliphatic heterocycles. The summed E-state index contributed by atoms with van der Waals surface area (Å²) >= 11 is 0. The number of ether oxygens (including phenoxy) is 1. The van der Waals surface area contributed by atoms with Crippen molar-refractivity contribution in [2.75, 3.05) is 26.7 Å². The quantitative estimate of drug-likeness (QED) is 0.661. The van der Waals surface area contributed by atoms with E-state index in [2.05, 4.69) is 47.6 Å². The first-order valence-electron chi connectivity index (χ1n) is 13.3. The summed E-state index contributed by atoms with van der Waals surface area (Å²) in [6.07, 6.45) is 14.1. The van der Waals surface area contributed by atoms with Gasteiger partial charge in [0.2, 0.25) is 0 Å². The number of hydrogen-bond acceptors (Lipinski definition) is 4. The number of hydrogen-bond donors (Lipinski definition) is 1. The summed E-state index contributed by atoms with van der Waals surface area (Å²) in [5, 5.41) is 4.02. The van der Waals surface area contributed by atoms with Crippen molar-refractivity contribution in [2.24, 2.45) is 0 Å². The van der Waals surface area contributed by atoms with E-state index < -0.39 is 0 Å². The lowest BCUT2D eigenvalue weighted by Crippen LogP contribution is -2.47. The van der Waals surface area contributed by atoms with Gasteiger partial charge < -0.3 is 10.1 Å². The highest BCUT2D eigenvalue weighted by Gasteiger charge is 2.48. The summed E-state index contributed by atoms with van der Waals surface area (Å²) in [6, 6.07) is 14.6. The fourth-order valence-electron chi connectivity index (χ4n) is 7.57. The van der Waals surface area contributed by atoms with Crippen molar-refractivity contribution in [3.63, 3.8) is 0 Å². The molecule has 1 aromatic heterocycles. The number of nitrogens with zero attached hydrogens (tertiary/aromatic N) is 2. The second-order valence-corrected chi connectivity index (χ2v) is 11.2. The Morgan fingerprint density at radius 3 is 2.85 bits per heavy atom. The summed E-state index contributed by atoms with van der Waals surface area (Å²) < 4.78 is 6.45. The zero-order valence-electron chi connectivity index (χ0n) is 20.2. The average molecular weight is 446 g/mol. The van der Waals surface area contributed by atoms with Crippen molar-refractivity contribution in [3.8, 4) is 0 Å². The van der Waals surface area contributed by atoms with Crippen LogP contribution in [-0.2, 0) is 16.6 Å². The highest BCUT2D eigenvalue weighted by Crippen LogP contribution is 2.50. The maximum Gasteiger partial charge on any atom is 0.0691 e. The van der Waals surface area contributed by atoms with Gasteiger partial charge in [0.05, 0.1) is 5.60 Å². The second-order valence-electron chi connectivity index (χ2n) is 11.2. The standard InChI is InChI=1S/C29H39N3O/c1-32-19-12-22-7-6-8-23-24(10-11-25(32)27(22)23)30-18-15-28(26-9-2-5-17-31-26)16-20-33-29(21-28)13-3-4-14-29/h2,5-9,17,24-25,30H,3-4,10-16,18-21H2,1H3/t24?,25?,28-/m1/s1. The minimum Gasteiger partial charge on any atom is -0.375 e. The number of likely N-dealkylation sites (N-methyl/N-ethyl adjacent to an activating group) is 1. The Labute approximate surface area is 199 Å². The predicted molar refractivity (Wildman–Crippen MR) is 132 cm³/mol. The van der Waals surface area contributed by atoms with E-state index in [0.29, 0.717) is 12.1 Å². The van der Waals surface area contributed by atoms with E-state index in [1.54, 1.807) is 16.7 Å². The Hall–Kier alpha value is -1.75. The summed E-state index contributed by atoms with van der Waals surface area (Å²) in [6.45, 7) is 3.11. The van der Waals surface area contributed by atoms with Crippen LogP contribution in [0.25, 0.3) is 0 Å². The number of benzene rings is 1. The molecule has 1 N–H and O–H groups in total. The van der Waals surface area contributed by atoms with Crippen LogP contribution in [0.3, 0.4) is 0 Å². The molecule has 1 spiro atoms. The van der Waals surface area contributed by atoms with Crippen LogP contribution >= 0.6 is 0 Å². The molecule has 1 aromatic carbocycles. The van der Waals surface area contributed by atoms with Crippen molar-refractivity contribution in [2.45, 2.75) is 87.3 Å². The molecular weight excluding hydrogens is 406 g/mol. The molecule has 1 saturated heterocycles. The molecule has 4 aliphatic rings. The number of rotatable bonds is 5. The van der Waals surface area contributed by atoms with Crippen molar-refractivity contribution < 1.29 is 4.74 Å². The fraction of sp³-hybridized carbons (Fsp3) is 0.621. The van der Waals surface area contributed by atoms with Gasteiger partial charge in [0, 0.05) is 42.5 Å². The minimum absolute atomic E-state index is 0.0942. The zero-order valence-corrected chi connectivity index (χ0v) is 20.2. The SMILES string of the molecule is CN1CCc2cccc3c2C1CCC3NCC[C@@]1(c2ccccn2)CCOC2(CCCC2)C1. The van der Waals surface area contributed by atoms with E-state index in [1.165, 1.54) is 57.2 Å². The van der Waals surface area contributed by atoms with Gasteiger partial charge in [0.25, 0.3) is 0 Å². The van der Waals surface area contributed by atoms with Gasteiger partial charge in [0.15, 0.2) is 0 Å². The third-order valence-electron chi connectivity index (χ3n) is 9.30. The lowest BCUT2D eigenvalue weighted by atomic mass is 9.68. The normalized spacial score (nSPS) is 30.9. The zero-order chi connectivity index (χ0) is 22.3. The van der Waals surface area contributed by atoms with Crippen LogP contribution < -0.4 is 5.32 Å². The van der Waals surface area contributed by atoms with Crippen LogP contribution in [0.1, 0.15) is 92.3 Å². The first-order valence-corrected chi connectivity index (χ1v) is 13.3. The number of pyridine rings is 1. The topological polar surface area (TPSA) is 37.4 Å². The first kappa shape index (κ1) is 21.8. The monoisotopic (exact) mass is 445 g/mol. The lowest BCUT2D eigenvalue weighted by Gasteiger charge is -2.47. The molecule has 33 heavy (non-hydrogen) atoms. The third kappa shape index (κ3) is 3.94. The van der Waals surface area contributed by atoms with Gasteiger partial charge in [-0.25, -0.2) is 0 Å². The van der Waals surface area contributed by atoms with Crippen LogP contribution in [0.4, 0.5) is 0 Å². The van der Waals surface area contributed by atoms with Crippen molar-refractivity contribution in [3.05, 3.63) is 65.0 Å². The highest BCUT2D eigenvalue weighted by molar-refractivity contribution is 5.43. The van der Waals surface area contributed by atoms with Crippen LogP contribution in [0.2, 0.25) is 0 Å². The van der Waals surface area contributed by atoms with E-state index in [-0.39, 0.29) is 11.0 Å². The van der Waals surface area contributed by atoms with E-state index in [0.717, 1.165) is 32.4 Å². The van der Waals surface area contributed by atoms with E-state index in [1.807, 2.05) is 12.3 Å². The van der Waals surface area contributed by atoms with Crippen LogP contribution in [0.5, 0.6) is 0 Å². The third-order valence-corrected chi connectivity index (χ3v) is 9.30. The molecule has 2 aliphatic carbocycles. The molecule has 3 atom stereocenters. The fourth-order valence-corrected chi connectivity index (χ4v) is 7.57. The Balaban J connectivity index is 1.22. The Morgan fingerprint density at radius 1 is 1.09 bits per heavy atom. The highest BCUT2D eigenvalue weighted by atomic mass is 16.5. The molecule has 4 heteroatoms. The van der Waals surface area contributed by atoms with Gasteiger partial charge in [-0.3, -0.25) is 9.88 Å². The minimum atomic E-state index is 0.0942. The van der Waals surface area contributed by atoms with Gasteiger partial charge >= 0.3 is 0 Å². The molecule has 176 valence electrons. The van der Waals surface area contributed by atoms with Crippen LogP contribution in [0, 0.1) is 0 Å². The lowest BCUT2D eigenvalue weighted by molar-refractivity contribution is -0.104. The van der Waals surface area contributed by atoms with E-state index in [9.17, 15) is 0 Å². The molecular formula is C29H39N3O. The Kier molecular flexibility index (Phi) is 5.80. The van der Waals surface area contributed by atoms with Gasteiger partial charge in [-0.05, 0) is 93.8 Å². The summed E-state index contributed by atoms with van der Waals surface area (Å²) in [5.41, 5.74) is 6.27.